The minimum absolute atomic E-state index is 0.418. The molecule has 0 spiro atoms. The second-order valence-corrected chi connectivity index (χ2v) is 2.38. The van der Waals surface area contributed by atoms with Crippen LogP contribution in [0.15, 0.2) is 24.3 Å². The minimum Gasteiger partial charge on any atom is -0.497 e. The molecule has 13 heavy (non-hydrogen) atoms. The number of hydrogen-bond acceptors (Lipinski definition) is 2. The van der Waals surface area contributed by atoms with Gasteiger partial charge in [0, 0.05) is 0 Å². The number of rotatable bonds is 4. The van der Waals surface area contributed by atoms with Crippen molar-refractivity contribution in [1.82, 2.24) is 0 Å². The van der Waals surface area contributed by atoms with E-state index in [0.717, 1.165) is 0 Å². The molecule has 0 atom stereocenters. The zero-order valence-corrected chi connectivity index (χ0v) is 7.17. The van der Waals surface area contributed by atoms with E-state index in [1.54, 1.807) is 24.3 Å². The fourth-order valence-electron chi connectivity index (χ4n) is 0.831. The molecule has 1 rings (SSSR count). The molecule has 72 valence electrons. The van der Waals surface area contributed by atoms with Crippen LogP contribution in [0.2, 0.25) is 0 Å². The highest BCUT2D eigenvalue weighted by Crippen LogP contribution is 2.17. The first-order valence-corrected chi connectivity index (χ1v) is 3.77. The normalized spacial score (nSPS) is 10.2. The first kappa shape index (κ1) is 9.77. The molecule has 0 unspecified atom stereocenters. The van der Waals surface area contributed by atoms with E-state index in [2.05, 4.69) is 0 Å². The molecule has 0 saturated heterocycles. The second-order valence-electron chi connectivity index (χ2n) is 2.38. The maximum atomic E-state index is 11.7. The van der Waals surface area contributed by atoms with Crippen molar-refractivity contribution in [2.45, 2.75) is 6.43 Å². The van der Waals surface area contributed by atoms with Crippen molar-refractivity contribution in [3.05, 3.63) is 24.3 Å². The molecule has 0 amide bonds. The van der Waals surface area contributed by atoms with Gasteiger partial charge >= 0.3 is 0 Å². The van der Waals surface area contributed by atoms with Gasteiger partial charge in [-0.05, 0) is 24.3 Å². The van der Waals surface area contributed by atoms with E-state index in [0.29, 0.717) is 11.5 Å². The van der Waals surface area contributed by atoms with Crippen LogP contribution in [0.4, 0.5) is 8.78 Å². The summed E-state index contributed by atoms with van der Waals surface area (Å²) in [7, 11) is 1.54. The fraction of sp³-hybridized carbons (Fsp3) is 0.333. The molecule has 0 saturated carbocycles. The van der Waals surface area contributed by atoms with Gasteiger partial charge in [-0.1, -0.05) is 0 Å². The van der Waals surface area contributed by atoms with Gasteiger partial charge in [-0.15, -0.1) is 0 Å². The van der Waals surface area contributed by atoms with Gasteiger partial charge in [-0.25, -0.2) is 8.78 Å². The summed E-state index contributed by atoms with van der Waals surface area (Å²) in [5.74, 6) is 1.09. The molecule has 2 nitrogen and oxygen atoms in total. The highest BCUT2D eigenvalue weighted by atomic mass is 19.3. The van der Waals surface area contributed by atoms with Crippen LogP contribution in [0.3, 0.4) is 0 Å². The molecule has 0 aliphatic rings. The van der Waals surface area contributed by atoms with Crippen molar-refractivity contribution in [2.75, 3.05) is 13.7 Å². The van der Waals surface area contributed by atoms with Crippen LogP contribution in [-0.2, 0) is 0 Å². The maximum absolute atomic E-state index is 11.7. The van der Waals surface area contributed by atoms with Crippen molar-refractivity contribution in [2.24, 2.45) is 0 Å². The minimum atomic E-state index is -2.44. The van der Waals surface area contributed by atoms with Crippen LogP contribution >= 0.6 is 0 Å². The third-order valence-corrected chi connectivity index (χ3v) is 1.44. The van der Waals surface area contributed by atoms with Gasteiger partial charge in [-0.2, -0.15) is 0 Å². The van der Waals surface area contributed by atoms with Gasteiger partial charge in [0.05, 0.1) is 7.11 Å². The summed E-state index contributed by atoms with van der Waals surface area (Å²) < 4.78 is 33.1. The van der Waals surface area contributed by atoms with Gasteiger partial charge in [-0.3, -0.25) is 0 Å². The van der Waals surface area contributed by atoms with E-state index in [1.165, 1.54) is 7.11 Å². The zero-order chi connectivity index (χ0) is 9.68. The number of halogens is 2. The van der Waals surface area contributed by atoms with E-state index in [4.69, 9.17) is 9.47 Å². The smallest absolute Gasteiger partial charge is 0.272 e. The summed E-state index contributed by atoms with van der Waals surface area (Å²) in [6.45, 7) is -0.577. The van der Waals surface area contributed by atoms with E-state index in [1.807, 2.05) is 0 Å². The lowest BCUT2D eigenvalue weighted by Crippen LogP contribution is -2.06. The lowest BCUT2D eigenvalue weighted by atomic mass is 10.3. The second kappa shape index (κ2) is 4.64. The predicted octanol–water partition coefficient (Wildman–Crippen LogP) is 2.34. The first-order chi connectivity index (χ1) is 6.22. The number of hydrogen-bond donors (Lipinski definition) is 0. The number of benzene rings is 1. The Balaban J connectivity index is 2.49. The zero-order valence-electron chi connectivity index (χ0n) is 7.17. The maximum Gasteiger partial charge on any atom is 0.272 e. The number of methoxy groups -OCH3 is 1. The molecule has 0 bridgehead atoms. The van der Waals surface area contributed by atoms with Crippen molar-refractivity contribution in [1.29, 1.82) is 0 Å². The Labute approximate surface area is 75.1 Å². The monoisotopic (exact) mass is 188 g/mol. The highest BCUT2D eigenvalue weighted by Gasteiger charge is 2.02. The van der Waals surface area contributed by atoms with Crippen molar-refractivity contribution >= 4 is 0 Å². The fourth-order valence-corrected chi connectivity index (χ4v) is 0.831. The summed E-state index contributed by atoms with van der Waals surface area (Å²) in [6.07, 6.45) is -2.44. The number of ether oxygens (including phenoxy) is 2. The molecule has 0 radical (unpaired) electrons. The molecule has 0 aliphatic carbocycles. The Bertz CT molecular complexity index is 246. The Morgan fingerprint density at radius 1 is 1.15 bits per heavy atom. The van der Waals surface area contributed by atoms with Gasteiger partial charge < -0.3 is 9.47 Å². The standard InChI is InChI=1S/C9H10F2O2/c1-12-7-2-4-8(5-3-7)13-6-9(10)11/h2-5,9H,6H2,1H3. The average Bonchev–Trinajstić information content (AvgIpc) is 2.15. The van der Waals surface area contributed by atoms with E-state index >= 15 is 0 Å². The van der Waals surface area contributed by atoms with E-state index in [-0.39, 0.29) is 0 Å². The van der Waals surface area contributed by atoms with Gasteiger partial charge in [0.2, 0.25) is 0 Å². The molecule has 0 aromatic heterocycles. The molecule has 0 N–H and O–H groups in total. The molecule has 4 heteroatoms. The Kier molecular flexibility index (Phi) is 3.49. The van der Waals surface area contributed by atoms with Crippen LogP contribution in [0, 0.1) is 0 Å². The van der Waals surface area contributed by atoms with E-state index < -0.39 is 13.0 Å². The first-order valence-electron chi connectivity index (χ1n) is 3.77. The molecule has 0 heterocycles. The van der Waals surface area contributed by atoms with Crippen LogP contribution < -0.4 is 9.47 Å². The highest BCUT2D eigenvalue weighted by molar-refractivity contribution is 5.31. The summed E-state index contributed by atoms with van der Waals surface area (Å²) >= 11 is 0. The predicted molar refractivity (Wildman–Crippen MR) is 44.5 cm³/mol. The SMILES string of the molecule is COc1ccc(OCC(F)F)cc1. The molecule has 0 aliphatic heterocycles. The summed E-state index contributed by atoms with van der Waals surface area (Å²) in [6, 6.07) is 6.48. The van der Waals surface area contributed by atoms with Crippen LogP contribution in [0.5, 0.6) is 11.5 Å². The Morgan fingerprint density at radius 2 is 1.69 bits per heavy atom. The molecule has 1 aromatic carbocycles. The number of alkyl halides is 2. The van der Waals surface area contributed by atoms with Gasteiger partial charge in [0.15, 0.2) is 0 Å². The van der Waals surface area contributed by atoms with Crippen molar-refractivity contribution in [3.63, 3.8) is 0 Å². The summed E-state index contributed by atoms with van der Waals surface area (Å²) in [4.78, 5) is 0. The Morgan fingerprint density at radius 3 is 2.15 bits per heavy atom. The van der Waals surface area contributed by atoms with E-state index in [9.17, 15) is 8.78 Å². The topological polar surface area (TPSA) is 18.5 Å². The summed E-state index contributed by atoms with van der Waals surface area (Å²) in [5, 5.41) is 0. The van der Waals surface area contributed by atoms with Crippen LogP contribution in [0.25, 0.3) is 0 Å². The Hall–Kier alpha value is -1.32. The average molecular weight is 188 g/mol. The lowest BCUT2D eigenvalue weighted by molar-refractivity contribution is 0.0819. The third-order valence-electron chi connectivity index (χ3n) is 1.44. The molecule has 0 fully saturated rings. The van der Waals surface area contributed by atoms with Crippen LogP contribution in [0.1, 0.15) is 0 Å². The largest absolute Gasteiger partial charge is 0.497 e. The molecular weight excluding hydrogens is 178 g/mol. The van der Waals surface area contributed by atoms with Crippen LogP contribution in [-0.4, -0.2) is 20.1 Å². The van der Waals surface area contributed by atoms with Gasteiger partial charge in [0.25, 0.3) is 6.43 Å². The third kappa shape index (κ3) is 3.27. The lowest BCUT2D eigenvalue weighted by Gasteiger charge is -2.05. The molecule has 1 aromatic rings. The quantitative estimate of drug-likeness (QED) is 0.722. The van der Waals surface area contributed by atoms with Crippen molar-refractivity contribution in [3.8, 4) is 11.5 Å². The van der Waals surface area contributed by atoms with Crippen molar-refractivity contribution < 1.29 is 18.3 Å². The molecular formula is C9H10F2O2. The summed E-state index contributed by atoms with van der Waals surface area (Å²) in [5.41, 5.74) is 0. The van der Waals surface area contributed by atoms with Gasteiger partial charge in [0.1, 0.15) is 18.1 Å².